The Hall–Kier alpha value is -2.03. The molecule has 164 valence electrons. The zero-order valence-electron chi connectivity index (χ0n) is 16.9. The van der Waals surface area contributed by atoms with E-state index in [9.17, 15) is 14.0 Å². The molecule has 5 nitrogen and oxygen atoms in total. The number of imide groups is 1. The number of hydrogen-bond acceptors (Lipinski definition) is 5. The molecule has 1 heterocycles. The number of carbonyl (C=O) groups is 2. The van der Waals surface area contributed by atoms with Gasteiger partial charge >= 0.3 is 0 Å². The molecule has 0 bridgehead atoms. The minimum Gasteiger partial charge on any atom is -0.490 e. The number of ether oxygens (including phenoxy) is 2. The molecule has 0 N–H and O–H groups in total. The molecule has 3 rings (SSSR count). The molecule has 1 fully saturated rings. The van der Waals surface area contributed by atoms with Crippen LogP contribution in [0.15, 0.2) is 39.7 Å². The van der Waals surface area contributed by atoms with Crippen molar-refractivity contribution in [3.05, 3.63) is 61.7 Å². The van der Waals surface area contributed by atoms with Crippen LogP contribution in [0, 0.1) is 5.82 Å². The quantitative estimate of drug-likeness (QED) is 0.358. The number of thioether (sulfide) groups is 1. The Morgan fingerprint density at radius 2 is 1.97 bits per heavy atom. The standard InChI is InChI=1S/C22H20BrClFNO4S/c1-3-7-30-20-16(23)8-13(9-18(20)29-4-2)10-19-21(27)26(22(28)31-19)12-14-5-6-15(25)11-17(14)24/h5-6,8-11H,3-4,7,12H2,1-2H3/b19-10-. The highest BCUT2D eigenvalue weighted by molar-refractivity contribution is 9.10. The first-order valence-corrected chi connectivity index (χ1v) is 11.6. The SMILES string of the molecule is CCCOc1c(Br)cc(/C=C2\SC(=O)N(Cc3ccc(F)cc3Cl)C2=O)cc1OCC. The minimum atomic E-state index is -0.482. The van der Waals surface area contributed by atoms with Crippen LogP contribution in [0.2, 0.25) is 5.02 Å². The second-order valence-electron chi connectivity index (χ2n) is 6.62. The van der Waals surface area contributed by atoms with Gasteiger partial charge in [0.05, 0.1) is 29.1 Å². The largest absolute Gasteiger partial charge is 0.490 e. The molecular weight excluding hydrogens is 509 g/mol. The summed E-state index contributed by atoms with van der Waals surface area (Å²) in [6, 6.07) is 7.43. The van der Waals surface area contributed by atoms with E-state index in [1.807, 2.05) is 13.8 Å². The number of rotatable bonds is 8. The predicted octanol–water partition coefficient (Wildman–Crippen LogP) is 6.67. The van der Waals surface area contributed by atoms with E-state index in [4.69, 9.17) is 21.1 Å². The molecule has 0 aromatic heterocycles. The summed E-state index contributed by atoms with van der Waals surface area (Å²) >= 11 is 10.4. The molecule has 0 unspecified atom stereocenters. The van der Waals surface area contributed by atoms with Crippen molar-refractivity contribution in [3.8, 4) is 11.5 Å². The molecule has 31 heavy (non-hydrogen) atoms. The Labute approximate surface area is 197 Å². The summed E-state index contributed by atoms with van der Waals surface area (Å²) in [5.41, 5.74) is 1.18. The zero-order chi connectivity index (χ0) is 22.5. The maximum absolute atomic E-state index is 13.3. The fraction of sp³-hybridized carbons (Fsp3) is 0.273. The highest BCUT2D eigenvalue weighted by atomic mass is 79.9. The average Bonchev–Trinajstić information content (AvgIpc) is 2.97. The number of benzene rings is 2. The van der Waals surface area contributed by atoms with E-state index in [0.717, 1.165) is 29.1 Å². The smallest absolute Gasteiger partial charge is 0.293 e. The number of nitrogens with zero attached hydrogens (tertiary/aromatic N) is 1. The molecule has 2 aromatic rings. The van der Waals surface area contributed by atoms with E-state index in [1.54, 1.807) is 18.2 Å². The first-order valence-electron chi connectivity index (χ1n) is 9.62. The molecule has 1 aliphatic heterocycles. The summed E-state index contributed by atoms with van der Waals surface area (Å²) in [5, 5.41) is -0.250. The number of carbonyl (C=O) groups excluding carboxylic acids is 2. The normalized spacial score (nSPS) is 15.1. The van der Waals surface area contributed by atoms with Crippen LogP contribution in [-0.4, -0.2) is 29.3 Å². The van der Waals surface area contributed by atoms with Gasteiger partial charge in [-0.2, -0.15) is 0 Å². The van der Waals surface area contributed by atoms with Gasteiger partial charge in [0.1, 0.15) is 5.82 Å². The van der Waals surface area contributed by atoms with Crippen LogP contribution >= 0.6 is 39.3 Å². The van der Waals surface area contributed by atoms with Crippen LogP contribution in [0.5, 0.6) is 11.5 Å². The lowest BCUT2D eigenvalue weighted by Crippen LogP contribution is -2.27. The molecule has 0 atom stereocenters. The van der Waals surface area contributed by atoms with Gasteiger partial charge in [-0.3, -0.25) is 14.5 Å². The van der Waals surface area contributed by atoms with Gasteiger partial charge in [-0.25, -0.2) is 4.39 Å². The van der Waals surface area contributed by atoms with E-state index in [2.05, 4.69) is 15.9 Å². The first kappa shape index (κ1) is 23.6. The molecule has 2 aromatic carbocycles. The lowest BCUT2D eigenvalue weighted by Gasteiger charge is -2.14. The predicted molar refractivity (Wildman–Crippen MR) is 124 cm³/mol. The third kappa shape index (κ3) is 5.61. The molecule has 9 heteroatoms. The van der Waals surface area contributed by atoms with Gasteiger partial charge in [0.2, 0.25) is 0 Å². The van der Waals surface area contributed by atoms with Crippen molar-refractivity contribution in [2.75, 3.05) is 13.2 Å². The summed E-state index contributed by atoms with van der Waals surface area (Å²) in [6.07, 6.45) is 2.49. The van der Waals surface area contributed by atoms with Crippen LogP contribution < -0.4 is 9.47 Å². The maximum Gasteiger partial charge on any atom is 0.293 e. The third-order valence-electron chi connectivity index (χ3n) is 4.30. The highest BCUT2D eigenvalue weighted by Gasteiger charge is 2.35. The van der Waals surface area contributed by atoms with Crippen LogP contribution in [0.1, 0.15) is 31.4 Å². The molecule has 2 amide bonds. The molecule has 0 radical (unpaired) electrons. The summed E-state index contributed by atoms with van der Waals surface area (Å²) < 4.78 is 25.4. The van der Waals surface area contributed by atoms with Gasteiger partial charge in [0.15, 0.2) is 11.5 Å². The minimum absolute atomic E-state index is 0.0290. The number of halogens is 3. The van der Waals surface area contributed by atoms with Crippen LogP contribution in [0.25, 0.3) is 6.08 Å². The van der Waals surface area contributed by atoms with Gasteiger partial charge in [0.25, 0.3) is 11.1 Å². The van der Waals surface area contributed by atoms with Crippen LogP contribution in [0.4, 0.5) is 9.18 Å². The summed E-state index contributed by atoms with van der Waals surface area (Å²) in [4.78, 5) is 26.6. The van der Waals surface area contributed by atoms with Crippen molar-refractivity contribution in [2.24, 2.45) is 0 Å². The van der Waals surface area contributed by atoms with E-state index in [0.29, 0.717) is 40.3 Å². The Bertz CT molecular complexity index is 1050. The fourth-order valence-electron chi connectivity index (χ4n) is 2.89. The van der Waals surface area contributed by atoms with Gasteiger partial charge in [-0.15, -0.1) is 0 Å². The number of amides is 2. The van der Waals surface area contributed by atoms with E-state index in [-0.39, 0.29) is 16.5 Å². The van der Waals surface area contributed by atoms with Crippen molar-refractivity contribution >= 4 is 56.5 Å². The van der Waals surface area contributed by atoms with Gasteiger partial charge < -0.3 is 9.47 Å². The highest BCUT2D eigenvalue weighted by Crippen LogP contribution is 2.39. The molecule has 0 saturated carbocycles. The van der Waals surface area contributed by atoms with Crippen molar-refractivity contribution in [2.45, 2.75) is 26.8 Å². The van der Waals surface area contributed by atoms with Gasteiger partial charge in [-0.1, -0.05) is 24.6 Å². The van der Waals surface area contributed by atoms with Crippen LogP contribution in [-0.2, 0) is 11.3 Å². The fourth-order valence-corrected chi connectivity index (χ4v) is 4.53. The summed E-state index contributed by atoms with van der Waals surface area (Å²) in [7, 11) is 0. The van der Waals surface area contributed by atoms with Gasteiger partial charge in [-0.05, 0) is 82.5 Å². The van der Waals surface area contributed by atoms with Crippen molar-refractivity contribution in [1.29, 1.82) is 0 Å². The van der Waals surface area contributed by atoms with E-state index in [1.165, 1.54) is 12.1 Å². The summed E-state index contributed by atoms with van der Waals surface area (Å²) in [6.45, 7) is 4.85. The molecule has 1 saturated heterocycles. The second kappa shape index (κ2) is 10.5. The molecule has 0 aliphatic carbocycles. The Morgan fingerprint density at radius 1 is 1.19 bits per heavy atom. The van der Waals surface area contributed by atoms with Crippen molar-refractivity contribution in [3.63, 3.8) is 0 Å². The Morgan fingerprint density at radius 3 is 2.65 bits per heavy atom. The lowest BCUT2D eigenvalue weighted by molar-refractivity contribution is -0.123. The Kier molecular flexibility index (Phi) is 8.02. The average molecular weight is 529 g/mol. The zero-order valence-corrected chi connectivity index (χ0v) is 20.1. The summed E-state index contributed by atoms with van der Waals surface area (Å²) in [5.74, 6) is 0.231. The lowest BCUT2D eigenvalue weighted by atomic mass is 10.1. The first-order chi connectivity index (χ1) is 14.8. The topological polar surface area (TPSA) is 55.8 Å². The third-order valence-corrected chi connectivity index (χ3v) is 6.15. The second-order valence-corrected chi connectivity index (χ2v) is 8.87. The molecular formula is C22H20BrClFNO4S. The molecule has 1 aliphatic rings. The van der Waals surface area contributed by atoms with E-state index < -0.39 is 17.0 Å². The monoisotopic (exact) mass is 527 g/mol. The van der Waals surface area contributed by atoms with Crippen molar-refractivity contribution < 1.29 is 23.5 Å². The van der Waals surface area contributed by atoms with E-state index >= 15 is 0 Å². The van der Waals surface area contributed by atoms with Gasteiger partial charge in [0, 0.05) is 5.02 Å². The Balaban J connectivity index is 1.86. The number of hydrogen-bond donors (Lipinski definition) is 0. The van der Waals surface area contributed by atoms with Crippen molar-refractivity contribution in [1.82, 2.24) is 4.90 Å². The molecule has 0 spiro atoms. The maximum atomic E-state index is 13.3. The van der Waals surface area contributed by atoms with Crippen LogP contribution in [0.3, 0.4) is 0 Å².